The van der Waals surface area contributed by atoms with Gasteiger partial charge in [-0.05, 0) is 24.3 Å². The van der Waals surface area contributed by atoms with Crippen LogP contribution < -0.4 is 9.47 Å². The SMILES string of the molecule is O=C(c1cccnc1OCC(F)(F)F)N1CCN(CCOc2ccccc2)CC1. The van der Waals surface area contributed by atoms with Gasteiger partial charge in [0.05, 0.1) is 0 Å². The molecular formula is C20H22F3N3O3. The van der Waals surface area contributed by atoms with Crippen molar-refractivity contribution in [1.29, 1.82) is 0 Å². The van der Waals surface area contributed by atoms with Gasteiger partial charge in [0.1, 0.15) is 17.9 Å². The Morgan fingerprint density at radius 3 is 2.41 bits per heavy atom. The van der Waals surface area contributed by atoms with Crippen molar-refractivity contribution < 1.29 is 27.4 Å². The van der Waals surface area contributed by atoms with Crippen LogP contribution in [0.2, 0.25) is 0 Å². The highest BCUT2D eigenvalue weighted by Crippen LogP contribution is 2.21. The van der Waals surface area contributed by atoms with Crippen molar-refractivity contribution in [3.8, 4) is 11.6 Å². The Morgan fingerprint density at radius 1 is 1.00 bits per heavy atom. The van der Waals surface area contributed by atoms with Gasteiger partial charge in [0, 0.05) is 38.9 Å². The fourth-order valence-electron chi connectivity index (χ4n) is 2.97. The molecule has 0 saturated carbocycles. The van der Waals surface area contributed by atoms with E-state index in [2.05, 4.69) is 9.88 Å². The third kappa shape index (κ3) is 6.35. The summed E-state index contributed by atoms with van der Waals surface area (Å²) < 4.78 is 47.7. The summed E-state index contributed by atoms with van der Waals surface area (Å²) in [5, 5.41) is 0. The minimum Gasteiger partial charge on any atom is -0.492 e. The standard InChI is InChI=1S/C20H22F3N3O3/c21-20(22,23)15-29-18-17(7-4-8-24-18)19(27)26-11-9-25(10-12-26)13-14-28-16-5-2-1-3-6-16/h1-8H,9-15H2. The number of piperazine rings is 1. The lowest BCUT2D eigenvalue weighted by Crippen LogP contribution is -2.49. The van der Waals surface area contributed by atoms with Crippen molar-refractivity contribution in [3.63, 3.8) is 0 Å². The van der Waals surface area contributed by atoms with E-state index in [0.717, 1.165) is 12.3 Å². The molecule has 1 fully saturated rings. The van der Waals surface area contributed by atoms with Gasteiger partial charge in [-0.1, -0.05) is 18.2 Å². The second-order valence-electron chi connectivity index (χ2n) is 6.56. The Hall–Kier alpha value is -2.81. The van der Waals surface area contributed by atoms with Crippen LogP contribution in [0.25, 0.3) is 0 Å². The molecule has 1 aromatic heterocycles. The van der Waals surface area contributed by atoms with Gasteiger partial charge in [0.2, 0.25) is 5.88 Å². The maximum atomic E-state index is 12.7. The number of hydrogen-bond donors (Lipinski definition) is 0. The van der Waals surface area contributed by atoms with E-state index < -0.39 is 12.8 Å². The minimum absolute atomic E-state index is 0.0395. The molecule has 2 heterocycles. The van der Waals surface area contributed by atoms with Gasteiger partial charge in [-0.25, -0.2) is 4.98 Å². The number of rotatable bonds is 7. The normalized spacial score (nSPS) is 15.2. The zero-order valence-corrected chi connectivity index (χ0v) is 15.8. The molecular weight excluding hydrogens is 387 g/mol. The van der Waals surface area contributed by atoms with Gasteiger partial charge in [0.15, 0.2) is 6.61 Å². The molecule has 29 heavy (non-hydrogen) atoms. The summed E-state index contributed by atoms with van der Waals surface area (Å²) in [4.78, 5) is 20.3. The number of halogens is 3. The fourth-order valence-corrected chi connectivity index (χ4v) is 2.97. The minimum atomic E-state index is -4.49. The fraction of sp³-hybridized carbons (Fsp3) is 0.400. The lowest BCUT2D eigenvalue weighted by molar-refractivity contribution is -0.154. The number of carbonyl (C=O) groups is 1. The molecule has 1 saturated heterocycles. The second-order valence-corrected chi connectivity index (χ2v) is 6.56. The number of alkyl halides is 3. The Labute approximate surface area is 166 Å². The van der Waals surface area contributed by atoms with E-state index >= 15 is 0 Å². The number of nitrogens with zero attached hydrogens (tertiary/aromatic N) is 3. The van der Waals surface area contributed by atoms with Gasteiger partial charge in [-0.15, -0.1) is 0 Å². The number of ether oxygens (including phenoxy) is 2. The largest absolute Gasteiger partial charge is 0.492 e. The Balaban J connectivity index is 1.49. The van der Waals surface area contributed by atoms with E-state index in [1.54, 1.807) is 4.90 Å². The van der Waals surface area contributed by atoms with Crippen LogP contribution in [0.1, 0.15) is 10.4 Å². The molecule has 1 amide bonds. The maximum Gasteiger partial charge on any atom is 0.422 e. The number of para-hydroxylation sites is 1. The summed E-state index contributed by atoms with van der Waals surface area (Å²) in [6.45, 7) is 2.03. The van der Waals surface area contributed by atoms with E-state index in [4.69, 9.17) is 9.47 Å². The molecule has 0 spiro atoms. The van der Waals surface area contributed by atoms with Gasteiger partial charge in [0.25, 0.3) is 5.91 Å². The van der Waals surface area contributed by atoms with Crippen molar-refractivity contribution >= 4 is 5.91 Å². The first-order valence-corrected chi connectivity index (χ1v) is 9.26. The predicted molar refractivity (Wildman–Crippen MR) is 100 cm³/mol. The highest BCUT2D eigenvalue weighted by atomic mass is 19.4. The summed E-state index contributed by atoms with van der Waals surface area (Å²) in [6.07, 6.45) is -3.20. The van der Waals surface area contributed by atoms with Crippen LogP contribution in [0, 0.1) is 0 Å². The highest BCUT2D eigenvalue weighted by Gasteiger charge is 2.30. The molecule has 0 atom stereocenters. The lowest BCUT2D eigenvalue weighted by atomic mass is 10.2. The molecule has 1 aliphatic heterocycles. The van der Waals surface area contributed by atoms with Crippen LogP contribution in [0.3, 0.4) is 0 Å². The first-order chi connectivity index (χ1) is 13.9. The first kappa shape index (κ1) is 20.9. The summed E-state index contributed by atoms with van der Waals surface area (Å²) in [5.41, 5.74) is 0.0395. The van der Waals surface area contributed by atoms with Crippen molar-refractivity contribution in [2.24, 2.45) is 0 Å². The van der Waals surface area contributed by atoms with E-state index in [1.807, 2.05) is 30.3 Å². The Morgan fingerprint density at radius 2 is 1.72 bits per heavy atom. The van der Waals surface area contributed by atoms with Gasteiger partial charge in [-0.3, -0.25) is 9.69 Å². The van der Waals surface area contributed by atoms with Crippen LogP contribution >= 0.6 is 0 Å². The molecule has 1 aromatic carbocycles. The number of hydrogen-bond acceptors (Lipinski definition) is 5. The molecule has 0 aliphatic carbocycles. The molecule has 0 unspecified atom stereocenters. The van der Waals surface area contributed by atoms with Crippen LogP contribution in [0.15, 0.2) is 48.7 Å². The molecule has 2 aromatic rings. The zero-order valence-electron chi connectivity index (χ0n) is 15.8. The van der Waals surface area contributed by atoms with E-state index in [-0.39, 0.29) is 17.4 Å². The van der Waals surface area contributed by atoms with Crippen LogP contribution in [-0.2, 0) is 0 Å². The molecule has 3 rings (SSSR count). The molecule has 0 N–H and O–H groups in total. The Kier molecular flexibility index (Phi) is 6.92. The molecule has 9 heteroatoms. The molecule has 0 radical (unpaired) electrons. The third-order valence-corrected chi connectivity index (χ3v) is 4.45. The molecule has 0 bridgehead atoms. The summed E-state index contributed by atoms with van der Waals surface area (Å²) >= 11 is 0. The summed E-state index contributed by atoms with van der Waals surface area (Å²) in [5.74, 6) is 0.133. The monoisotopic (exact) mass is 409 g/mol. The zero-order chi connectivity index (χ0) is 20.7. The second kappa shape index (κ2) is 9.60. The Bertz CT molecular complexity index is 794. The summed E-state index contributed by atoms with van der Waals surface area (Å²) in [7, 11) is 0. The smallest absolute Gasteiger partial charge is 0.422 e. The van der Waals surface area contributed by atoms with E-state index in [1.165, 1.54) is 18.3 Å². The quantitative estimate of drug-likeness (QED) is 0.704. The summed E-state index contributed by atoms with van der Waals surface area (Å²) in [6, 6.07) is 12.5. The average Bonchev–Trinajstić information content (AvgIpc) is 2.73. The predicted octanol–water partition coefficient (Wildman–Crippen LogP) is 2.86. The third-order valence-electron chi connectivity index (χ3n) is 4.45. The number of aromatic nitrogens is 1. The number of carbonyl (C=O) groups excluding carboxylic acids is 1. The van der Waals surface area contributed by atoms with Gasteiger partial charge < -0.3 is 14.4 Å². The van der Waals surface area contributed by atoms with E-state index in [9.17, 15) is 18.0 Å². The van der Waals surface area contributed by atoms with Crippen LogP contribution in [0.4, 0.5) is 13.2 Å². The average molecular weight is 409 g/mol. The highest BCUT2D eigenvalue weighted by molar-refractivity contribution is 5.96. The van der Waals surface area contributed by atoms with Crippen molar-refractivity contribution in [1.82, 2.24) is 14.8 Å². The van der Waals surface area contributed by atoms with Gasteiger partial charge in [-0.2, -0.15) is 13.2 Å². The van der Waals surface area contributed by atoms with Gasteiger partial charge >= 0.3 is 6.18 Å². The van der Waals surface area contributed by atoms with Crippen LogP contribution in [0.5, 0.6) is 11.6 Å². The molecule has 6 nitrogen and oxygen atoms in total. The number of amides is 1. The van der Waals surface area contributed by atoms with Crippen molar-refractivity contribution in [2.75, 3.05) is 45.9 Å². The molecule has 156 valence electrons. The van der Waals surface area contributed by atoms with E-state index in [0.29, 0.717) is 32.8 Å². The van der Waals surface area contributed by atoms with Crippen molar-refractivity contribution in [3.05, 3.63) is 54.2 Å². The van der Waals surface area contributed by atoms with Crippen LogP contribution in [-0.4, -0.2) is 72.8 Å². The number of pyridine rings is 1. The topological polar surface area (TPSA) is 54.9 Å². The van der Waals surface area contributed by atoms with Crippen molar-refractivity contribution in [2.45, 2.75) is 6.18 Å². The first-order valence-electron chi connectivity index (χ1n) is 9.26. The number of benzene rings is 1. The lowest BCUT2D eigenvalue weighted by Gasteiger charge is -2.34. The molecule has 1 aliphatic rings. The maximum absolute atomic E-state index is 12.7.